The molecule has 3 heterocycles. The molecule has 152 valence electrons. The lowest BCUT2D eigenvalue weighted by atomic mass is 10.0. The van der Waals surface area contributed by atoms with Gasteiger partial charge in [-0.2, -0.15) is 0 Å². The number of rotatable bonds is 5. The molecule has 28 heavy (non-hydrogen) atoms. The third-order valence-electron chi connectivity index (χ3n) is 4.60. The molecular formula is C16H19N3O9. The Morgan fingerprint density at radius 1 is 1.25 bits per heavy atom. The quantitative estimate of drug-likeness (QED) is 0.345. The summed E-state index contributed by atoms with van der Waals surface area (Å²) in [5, 5.41) is 21.4. The van der Waals surface area contributed by atoms with Crippen molar-refractivity contribution in [2.75, 3.05) is 13.2 Å². The summed E-state index contributed by atoms with van der Waals surface area (Å²) < 4.78 is 5.41. The summed E-state index contributed by atoms with van der Waals surface area (Å²) in [4.78, 5) is 64.6. The first-order valence-electron chi connectivity index (χ1n) is 8.62. The number of carbonyl (C=O) groups excluding carboxylic acids is 5. The highest BCUT2D eigenvalue weighted by atomic mass is 16.7. The predicted molar refractivity (Wildman–Crippen MR) is 86.4 cm³/mol. The van der Waals surface area contributed by atoms with Crippen LogP contribution in [0.25, 0.3) is 0 Å². The minimum Gasteiger partial charge on any atom is -0.394 e. The number of aliphatic hydroxyl groups excluding tert-OH is 2. The molecule has 3 aliphatic heterocycles. The maximum atomic E-state index is 12.1. The Kier molecular flexibility index (Phi) is 5.72. The Morgan fingerprint density at radius 2 is 1.93 bits per heavy atom. The van der Waals surface area contributed by atoms with Crippen LogP contribution in [0.3, 0.4) is 0 Å². The van der Waals surface area contributed by atoms with Crippen LogP contribution in [0, 0.1) is 5.92 Å². The van der Waals surface area contributed by atoms with E-state index in [4.69, 9.17) is 9.84 Å². The summed E-state index contributed by atoms with van der Waals surface area (Å²) in [6, 6.07) is -0.721. The van der Waals surface area contributed by atoms with Gasteiger partial charge in [-0.3, -0.25) is 24.6 Å². The molecule has 0 bridgehead atoms. The van der Waals surface area contributed by atoms with Crippen LogP contribution in [0.15, 0.2) is 12.2 Å². The highest BCUT2D eigenvalue weighted by Gasteiger charge is 2.42. The predicted octanol–water partition coefficient (Wildman–Crippen LogP) is -2.21. The fourth-order valence-electron chi connectivity index (χ4n) is 3.09. The van der Waals surface area contributed by atoms with E-state index in [1.54, 1.807) is 0 Å². The smallest absolute Gasteiger partial charge is 0.356 e. The maximum Gasteiger partial charge on any atom is 0.356 e. The van der Waals surface area contributed by atoms with Gasteiger partial charge in [-0.05, 0) is 0 Å². The maximum absolute atomic E-state index is 12.1. The van der Waals surface area contributed by atoms with Crippen LogP contribution in [0.4, 0.5) is 4.79 Å². The van der Waals surface area contributed by atoms with Crippen LogP contribution in [0.2, 0.25) is 0 Å². The monoisotopic (exact) mass is 397 g/mol. The number of imide groups is 2. The number of hydroxylamine groups is 2. The fraction of sp³-hybridized carbons (Fsp3) is 0.562. The van der Waals surface area contributed by atoms with Crippen molar-refractivity contribution in [3.8, 4) is 0 Å². The van der Waals surface area contributed by atoms with E-state index in [0.29, 0.717) is 5.06 Å². The standard InChI is InChI=1S/C16H19N3O9/c20-7-10-9(21)5-13(27-10)18-6-8(15(25)17-16(18)26)1-4-14(24)28-19-11(22)2-3-12(19)23/h1,4,8-10,13,20-21H,2-3,5-7H2,(H,17,25,26)/b4-1+/t8?,9?,10-,13-/m1/s1. The van der Waals surface area contributed by atoms with Crippen molar-refractivity contribution in [3.63, 3.8) is 0 Å². The first-order valence-corrected chi connectivity index (χ1v) is 8.62. The van der Waals surface area contributed by atoms with E-state index in [1.165, 1.54) is 11.0 Å². The normalized spacial score (nSPS) is 31.1. The average molecular weight is 397 g/mol. The minimum absolute atomic E-state index is 0.0417. The van der Waals surface area contributed by atoms with Crippen molar-refractivity contribution in [2.24, 2.45) is 5.92 Å². The van der Waals surface area contributed by atoms with E-state index in [1.807, 2.05) is 0 Å². The molecule has 4 atom stereocenters. The van der Waals surface area contributed by atoms with Crippen molar-refractivity contribution in [1.82, 2.24) is 15.3 Å². The lowest BCUT2D eigenvalue weighted by Crippen LogP contribution is -2.57. The van der Waals surface area contributed by atoms with Crippen molar-refractivity contribution < 1.29 is 43.8 Å². The molecule has 12 nitrogen and oxygen atoms in total. The number of ether oxygens (including phenoxy) is 1. The van der Waals surface area contributed by atoms with Crippen LogP contribution in [-0.2, 0) is 28.8 Å². The van der Waals surface area contributed by atoms with E-state index in [9.17, 15) is 29.1 Å². The van der Waals surface area contributed by atoms with E-state index in [0.717, 1.165) is 6.08 Å². The highest BCUT2D eigenvalue weighted by Crippen LogP contribution is 2.25. The summed E-state index contributed by atoms with van der Waals surface area (Å²) in [6.45, 7) is -0.555. The third kappa shape index (κ3) is 4.03. The van der Waals surface area contributed by atoms with Gasteiger partial charge in [0, 0.05) is 31.9 Å². The summed E-state index contributed by atoms with van der Waals surface area (Å²) in [5.41, 5.74) is 0. The van der Waals surface area contributed by atoms with Crippen LogP contribution in [-0.4, -0.2) is 81.5 Å². The first-order chi connectivity index (χ1) is 13.3. The zero-order valence-corrected chi connectivity index (χ0v) is 14.6. The van der Waals surface area contributed by atoms with Gasteiger partial charge >= 0.3 is 12.0 Å². The molecule has 0 spiro atoms. The van der Waals surface area contributed by atoms with Crippen molar-refractivity contribution in [3.05, 3.63) is 12.2 Å². The highest BCUT2D eigenvalue weighted by molar-refractivity contribution is 6.02. The van der Waals surface area contributed by atoms with Gasteiger partial charge in [0.05, 0.1) is 18.6 Å². The Labute approximate surface area is 158 Å². The second kappa shape index (κ2) is 8.04. The molecule has 2 unspecified atom stereocenters. The summed E-state index contributed by atoms with van der Waals surface area (Å²) in [5.74, 6) is -3.86. The Morgan fingerprint density at radius 3 is 2.54 bits per heavy atom. The van der Waals surface area contributed by atoms with Crippen molar-refractivity contribution in [1.29, 1.82) is 0 Å². The molecule has 3 N–H and O–H groups in total. The lowest BCUT2D eigenvalue weighted by Gasteiger charge is -2.34. The summed E-state index contributed by atoms with van der Waals surface area (Å²) >= 11 is 0. The first kappa shape index (κ1) is 19.9. The van der Waals surface area contributed by atoms with E-state index >= 15 is 0 Å². The number of hydrogen-bond donors (Lipinski definition) is 3. The van der Waals surface area contributed by atoms with Gasteiger partial charge < -0.3 is 19.8 Å². The Hall–Kier alpha value is -2.83. The number of aliphatic hydroxyl groups is 2. The number of carbonyl (C=O) groups is 5. The van der Waals surface area contributed by atoms with Gasteiger partial charge in [0.25, 0.3) is 11.8 Å². The largest absolute Gasteiger partial charge is 0.394 e. The van der Waals surface area contributed by atoms with E-state index < -0.39 is 60.7 Å². The second-order valence-electron chi connectivity index (χ2n) is 6.52. The summed E-state index contributed by atoms with van der Waals surface area (Å²) in [6.07, 6.45) is -0.600. The van der Waals surface area contributed by atoms with Crippen LogP contribution in [0.5, 0.6) is 0 Å². The Bertz CT molecular complexity index is 721. The minimum atomic E-state index is -1.02. The number of amides is 5. The molecule has 0 aromatic heterocycles. The molecule has 12 heteroatoms. The van der Waals surface area contributed by atoms with Gasteiger partial charge in [-0.25, -0.2) is 9.59 Å². The zero-order chi connectivity index (χ0) is 20.4. The molecular weight excluding hydrogens is 378 g/mol. The van der Waals surface area contributed by atoms with Crippen molar-refractivity contribution in [2.45, 2.75) is 37.7 Å². The SMILES string of the molecule is O=C(/C=C/C1CN([C@H]2CC(O)[C@@H](CO)O2)C(=O)NC1=O)ON1C(=O)CCC1=O. The summed E-state index contributed by atoms with van der Waals surface area (Å²) in [7, 11) is 0. The van der Waals surface area contributed by atoms with Crippen LogP contribution in [0.1, 0.15) is 19.3 Å². The van der Waals surface area contributed by atoms with Gasteiger partial charge in [-0.1, -0.05) is 6.08 Å². The molecule has 0 aliphatic carbocycles. The molecule has 3 rings (SSSR count). The molecule has 0 aromatic rings. The fourth-order valence-corrected chi connectivity index (χ4v) is 3.09. The van der Waals surface area contributed by atoms with Gasteiger partial charge in [0.1, 0.15) is 12.3 Å². The van der Waals surface area contributed by atoms with E-state index in [2.05, 4.69) is 10.2 Å². The van der Waals surface area contributed by atoms with Crippen LogP contribution < -0.4 is 5.32 Å². The molecule has 0 saturated carbocycles. The Balaban J connectivity index is 1.61. The number of nitrogens with zero attached hydrogens (tertiary/aromatic N) is 2. The topological polar surface area (TPSA) is 163 Å². The average Bonchev–Trinajstić information content (AvgIpc) is 3.17. The molecule has 3 aliphatic rings. The number of hydrogen-bond acceptors (Lipinski definition) is 9. The number of urea groups is 1. The van der Waals surface area contributed by atoms with Gasteiger partial charge in [0.2, 0.25) is 5.91 Å². The van der Waals surface area contributed by atoms with Gasteiger partial charge in [0.15, 0.2) is 0 Å². The number of nitrogens with one attached hydrogen (secondary N) is 1. The molecule has 3 fully saturated rings. The van der Waals surface area contributed by atoms with Crippen LogP contribution >= 0.6 is 0 Å². The third-order valence-corrected chi connectivity index (χ3v) is 4.60. The van der Waals surface area contributed by atoms with E-state index in [-0.39, 0.29) is 25.8 Å². The second-order valence-corrected chi connectivity index (χ2v) is 6.52. The lowest BCUT2D eigenvalue weighted by molar-refractivity contribution is -0.193. The molecule has 0 aromatic carbocycles. The van der Waals surface area contributed by atoms with Gasteiger partial charge in [-0.15, -0.1) is 5.06 Å². The van der Waals surface area contributed by atoms with Crippen molar-refractivity contribution >= 4 is 29.7 Å². The molecule has 5 amide bonds. The molecule has 3 saturated heterocycles. The zero-order valence-electron chi connectivity index (χ0n) is 14.6. The molecule has 0 radical (unpaired) electrons.